The maximum Gasteiger partial charge on any atom is 0.209 e. The molecule has 6 heteroatoms. The first-order valence-corrected chi connectivity index (χ1v) is 9.50. The predicted molar refractivity (Wildman–Crippen MR) is 104 cm³/mol. The minimum absolute atomic E-state index is 0.625. The number of benzene rings is 2. The lowest BCUT2D eigenvalue weighted by atomic mass is 10.2. The number of rotatable bonds is 6. The van der Waals surface area contributed by atoms with E-state index < -0.39 is 0 Å². The summed E-state index contributed by atoms with van der Waals surface area (Å²) in [6.07, 6.45) is 1.82. The van der Waals surface area contributed by atoms with Gasteiger partial charge in [-0.3, -0.25) is 0 Å². The van der Waals surface area contributed by atoms with E-state index in [0.29, 0.717) is 6.54 Å². The van der Waals surface area contributed by atoms with Gasteiger partial charge in [0.15, 0.2) is 5.82 Å². The van der Waals surface area contributed by atoms with Gasteiger partial charge in [-0.25, -0.2) is 9.67 Å². The number of nitrogens with zero attached hydrogens (tertiary/aromatic N) is 3. The number of aromatic nitrogens is 3. The van der Waals surface area contributed by atoms with Crippen molar-refractivity contribution in [1.82, 2.24) is 14.8 Å². The summed E-state index contributed by atoms with van der Waals surface area (Å²) in [4.78, 5) is 4.69. The van der Waals surface area contributed by atoms with Crippen LogP contribution in [0.5, 0.6) is 0 Å². The minimum Gasteiger partial charge on any atom is -0.241 e. The van der Waals surface area contributed by atoms with Crippen LogP contribution in [0.25, 0.3) is 11.4 Å². The van der Waals surface area contributed by atoms with Gasteiger partial charge < -0.3 is 0 Å². The van der Waals surface area contributed by atoms with E-state index in [4.69, 9.17) is 11.6 Å². The van der Waals surface area contributed by atoms with Gasteiger partial charge in [0.2, 0.25) is 5.16 Å². The molecule has 2 aromatic carbocycles. The summed E-state index contributed by atoms with van der Waals surface area (Å²) in [5.74, 6) is 1.65. The molecule has 0 fully saturated rings. The van der Waals surface area contributed by atoms with Crippen molar-refractivity contribution in [3.8, 4) is 11.4 Å². The zero-order valence-corrected chi connectivity index (χ0v) is 16.0. The predicted octanol–water partition coefficient (Wildman–Crippen LogP) is 5.84. The molecule has 3 rings (SSSR count). The summed E-state index contributed by atoms with van der Waals surface area (Å²) in [5.41, 5.74) is 2.22. The van der Waals surface area contributed by atoms with Crippen LogP contribution >= 0.6 is 39.3 Å². The fraction of sp³-hybridized carbons (Fsp3) is 0.111. The molecule has 24 heavy (non-hydrogen) atoms. The van der Waals surface area contributed by atoms with Crippen LogP contribution in [0.1, 0.15) is 5.56 Å². The second-order valence-corrected chi connectivity index (χ2v) is 7.41. The van der Waals surface area contributed by atoms with Gasteiger partial charge in [0.05, 0.1) is 6.54 Å². The van der Waals surface area contributed by atoms with Gasteiger partial charge in [-0.1, -0.05) is 69.6 Å². The molecule has 0 amide bonds. The molecule has 0 radical (unpaired) electrons. The molecule has 0 bridgehead atoms. The fourth-order valence-corrected chi connectivity index (χ4v) is 3.36. The lowest BCUT2D eigenvalue weighted by Gasteiger charge is -2.02. The van der Waals surface area contributed by atoms with E-state index in [9.17, 15) is 0 Å². The van der Waals surface area contributed by atoms with Crippen molar-refractivity contribution in [3.05, 3.63) is 76.2 Å². The Morgan fingerprint density at radius 2 is 1.83 bits per heavy atom. The van der Waals surface area contributed by atoms with Crippen molar-refractivity contribution in [2.45, 2.75) is 17.5 Å². The highest BCUT2D eigenvalue weighted by molar-refractivity contribution is 9.10. The van der Waals surface area contributed by atoms with Crippen LogP contribution in [-0.4, -0.2) is 14.8 Å². The van der Waals surface area contributed by atoms with Gasteiger partial charge in [-0.2, -0.15) is 0 Å². The van der Waals surface area contributed by atoms with Crippen LogP contribution in [0.2, 0.25) is 5.02 Å². The third-order valence-corrected chi connectivity index (χ3v) is 5.03. The zero-order valence-electron chi connectivity index (χ0n) is 12.8. The molecule has 0 saturated carbocycles. The van der Waals surface area contributed by atoms with E-state index in [2.05, 4.69) is 32.6 Å². The third kappa shape index (κ3) is 4.29. The lowest BCUT2D eigenvalue weighted by Crippen LogP contribution is -2.00. The van der Waals surface area contributed by atoms with Crippen molar-refractivity contribution >= 4 is 39.3 Å². The first-order chi connectivity index (χ1) is 11.7. The standard InChI is InChI=1S/C18H15BrClN3S/c1-2-11-23-17(14-5-7-15(19)8-6-14)21-18(22-23)24-12-13-3-9-16(20)10-4-13/h2-10H,1,11-12H2. The Morgan fingerprint density at radius 1 is 1.12 bits per heavy atom. The molecular weight excluding hydrogens is 406 g/mol. The molecule has 0 spiro atoms. The van der Waals surface area contributed by atoms with Crippen molar-refractivity contribution in [2.75, 3.05) is 0 Å². The topological polar surface area (TPSA) is 30.7 Å². The quantitative estimate of drug-likeness (QED) is 0.371. The second-order valence-electron chi connectivity index (χ2n) is 5.11. The molecule has 0 aliphatic carbocycles. The monoisotopic (exact) mass is 419 g/mol. The van der Waals surface area contributed by atoms with Crippen molar-refractivity contribution in [1.29, 1.82) is 0 Å². The Labute approximate surface area is 158 Å². The number of hydrogen-bond acceptors (Lipinski definition) is 3. The molecule has 3 nitrogen and oxygen atoms in total. The van der Waals surface area contributed by atoms with Gasteiger partial charge in [-0.15, -0.1) is 11.7 Å². The van der Waals surface area contributed by atoms with E-state index in [1.165, 1.54) is 5.56 Å². The average Bonchev–Trinajstić information content (AvgIpc) is 2.98. The molecule has 3 aromatic rings. The van der Waals surface area contributed by atoms with Gasteiger partial charge in [0.25, 0.3) is 0 Å². The van der Waals surface area contributed by atoms with Crippen LogP contribution in [0.15, 0.2) is 70.8 Å². The Morgan fingerprint density at radius 3 is 2.50 bits per heavy atom. The average molecular weight is 421 g/mol. The summed E-state index contributed by atoms with van der Waals surface area (Å²) in [6.45, 7) is 4.43. The van der Waals surface area contributed by atoms with Crippen LogP contribution in [0.4, 0.5) is 0 Å². The number of allylic oxidation sites excluding steroid dienone is 1. The maximum atomic E-state index is 5.92. The van der Waals surface area contributed by atoms with E-state index in [0.717, 1.165) is 31.8 Å². The molecule has 122 valence electrons. The molecule has 1 aromatic heterocycles. The number of hydrogen-bond donors (Lipinski definition) is 0. The SMILES string of the molecule is C=CCn1nc(SCc2ccc(Cl)cc2)nc1-c1ccc(Br)cc1. The van der Waals surface area contributed by atoms with E-state index >= 15 is 0 Å². The highest BCUT2D eigenvalue weighted by Gasteiger charge is 2.12. The van der Waals surface area contributed by atoms with Gasteiger partial charge in [0.1, 0.15) is 0 Å². The van der Waals surface area contributed by atoms with Crippen molar-refractivity contribution in [2.24, 2.45) is 0 Å². The smallest absolute Gasteiger partial charge is 0.209 e. The van der Waals surface area contributed by atoms with Gasteiger partial charge >= 0.3 is 0 Å². The minimum atomic E-state index is 0.625. The van der Waals surface area contributed by atoms with Gasteiger partial charge in [-0.05, 0) is 29.8 Å². The van der Waals surface area contributed by atoms with Crippen LogP contribution in [0.3, 0.4) is 0 Å². The Bertz CT molecular complexity index is 828. The van der Waals surface area contributed by atoms with Crippen LogP contribution in [0, 0.1) is 0 Å². The van der Waals surface area contributed by atoms with Crippen molar-refractivity contribution < 1.29 is 0 Å². The normalized spacial score (nSPS) is 10.8. The highest BCUT2D eigenvalue weighted by atomic mass is 79.9. The Hall–Kier alpha value is -1.56. The fourth-order valence-electron chi connectivity index (χ4n) is 2.17. The second kappa shape index (κ2) is 8.01. The molecular formula is C18H15BrClN3S. The Balaban J connectivity index is 1.81. The summed E-state index contributed by atoms with van der Waals surface area (Å²) in [7, 11) is 0. The van der Waals surface area contributed by atoms with Crippen LogP contribution in [-0.2, 0) is 12.3 Å². The lowest BCUT2D eigenvalue weighted by molar-refractivity contribution is 0.687. The maximum absolute atomic E-state index is 5.92. The molecule has 0 aliphatic heterocycles. The summed E-state index contributed by atoms with van der Waals surface area (Å²) < 4.78 is 2.92. The molecule has 1 heterocycles. The van der Waals surface area contributed by atoms with Crippen LogP contribution < -0.4 is 0 Å². The van der Waals surface area contributed by atoms with E-state index in [1.807, 2.05) is 59.3 Å². The van der Waals surface area contributed by atoms with Crippen molar-refractivity contribution in [3.63, 3.8) is 0 Å². The first kappa shape index (κ1) is 17.3. The third-order valence-electron chi connectivity index (χ3n) is 3.34. The van der Waals surface area contributed by atoms with Gasteiger partial charge in [0, 0.05) is 20.8 Å². The molecule has 0 saturated heterocycles. The summed E-state index contributed by atoms with van der Waals surface area (Å²) >= 11 is 11.0. The van der Waals surface area contributed by atoms with E-state index in [-0.39, 0.29) is 0 Å². The Kier molecular flexibility index (Phi) is 5.76. The summed E-state index contributed by atoms with van der Waals surface area (Å²) in [6, 6.07) is 15.9. The number of thioether (sulfide) groups is 1. The first-order valence-electron chi connectivity index (χ1n) is 7.34. The highest BCUT2D eigenvalue weighted by Crippen LogP contribution is 2.26. The molecule has 0 aliphatic rings. The van der Waals surface area contributed by atoms with E-state index in [1.54, 1.807) is 11.8 Å². The zero-order chi connectivity index (χ0) is 16.9. The molecule has 0 atom stereocenters. The number of halogens is 2. The summed E-state index contributed by atoms with van der Waals surface area (Å²) in [5, 5.41) is 6.09. The molecule has 0 unspecified atom stereocenters. The molecule has 0 N–H and O–H groups in total. The largest absolute Gasteiger partial charge is 0.241 e.